The molecule has 0 fully saturated rings. The second-order valence-corrected chi connectivity index (χ2v) is 3.15. The van der Waals surface area contributed by atoms with Crippen LogP contribution >= 0.6 is 0 Å². The SMILES string of the molecule is C[C@@H](N)COCNc1ccccc1F. The van der Waals surface area contributed by atoms with E-state index in [1.54, 1.807) is 18.2 Å². The third kappa shape index (κ3) is 3.72. The summed E-state index contributed by atoms with van der Waals surface area (Å²) in [6.07, 6.45) is 0. The molecule has 0 saturated carbocycles. The standard InChI is InChI=1S/C10H15FN2O/c1-8(12)6-14-7-13-10-5-3-2-4-9(10)11/h2-5,8,13H,6-7,12H2,1H3/t8-/m1/s1. The Morgan fingerprint density at radius 2 is 2.21 bits per heavy atom. The fourth-order valence-corrected chi connectivity index (χ4v) is 0.978. The Balaban J connectivity index is 2.28. The highest BCUT2D eigenvalue weighted by molar-refractivity contribution is 5.43. The molecule has 3 nitrogen and oxygen atoms in total. The van der Waals surface area contributed by atoms with Crippen LogP contribution in [0, 0.1) is 5.82 Å². The first kappa shape index (κ1) is 10.9. The van der Waals surface area contributed by atoms with Crippen LogP contribution in [0.5, 0.6) is 0 Å². The Bertz CT molecular complexity index is 279. The first-order chi connectivity index (χ1) is 6.70. The van der Waals surface area contributed by atoms with Crippen molar-refractivity contribution in [3.63, 3.8) is 0 Å². The molecule has 0 aliphatic rings. The van der Waals surface area contributed by atoms with E-state index >= 15 is 0 Å². The molecule has 1 rings (SSSR count). The van der Waals surface area contributed by atoms with Crippen LogP contribution in [0.1, 0.15) is 6.92 Å². The van der Waals surface area contributed by atoms with E-state index in [9.17, 15) is 4.39 Å². The fraction of sp³-hybridized carbons (Fsp3) is 0.400. The van der Waals surface area contributed by atoms with E-state index in [1.165, 1.54) is 6.07 Å². The van der Waals surface area contributed by atoms with Crippen molar-refractivity contribution in [2.24, 2.45) is 5.73 Å². The summed E-state index contributed by atoms with van der Waals surface area (Å²) in [5, 5.41) is 2.82. The summed E-state index contributed by atoms with van der Waals surface area (Å²) in [5.74, 6) is -0.281. The molecule has 0 spiro atoms. The molecule has 0 bridgehead atoms. The molecule has 14 heavy (non-hydrogen) atoms. The lowest BCUT2D eigenvalue weighted by atomic mass is 10.3. The molecule has 0 aromatic heterocycles. The number of hydrogen-bond donors (Lipinski definition) is 2. The Morgan fingerprint density at radius 1 is 1.50 bits per heavy atom. The van der Waals surface area contributed by atoms with Crippen molar-refractivity contribution in [3.05, 3.63) is 30.1 Å². The Morgan fingerprint density at radius 3 is 2.86 bits per heavy atom. The van der Waals surface area contributed by atoms with Gasteiger partial charge in [0, 0.05) is 6.04 Å². The molecule has 1 aromatic carbocycles. The van der Waals surface area contributed by atoms with E-state index in [0.29, 0.717) is 12.3 Å². The zero-order valence-electron chi connectivity index (χ0n) is 8.16. The van der Waals surface area contributed by atoms with Gasteiger partial charge in [0.25, 0.3) is 0 Å². The number of anilines is 1. The molecule has 0 unspecified atom stereocenters. The third-order valence-corrected chi connectivity index (χ3v) is 1.62. The second kappa shape index (κ2) is 5.57. The maximum atomic E-state index is 13.0. The number of hydrogen-bond acceptors (Lipinski definition) is 3. The maximum absolute atomic E-state index is 13.0. The predicted octanol–water partition coefficient (Wildman–Crippen LogP) is 1.56. The zero-order valence-corrected chi connectivity index (χ0v) is 8.16. The van der Waals surface area contributed by atoms with Crippen molar-refractivity contribution in [2.45, 2.75) is 13.0 Å². The van der Waals surface area contributed by atoms with Crippen molar-refractivity contribution in [2.75, 3.05) is 18.7 Å². The lowest BCUT2D eigenvalue weighted by Crippen LogP contribution is -2.23. The summed E-state index contributed by atoms with van der Waals surface area (Å²) in [5.41, 5.74) is 5.92. The highest BCUT2D eigenvalue weighted by Gasteiger charge is 1.98. The Kier molecular flexibility index (Phi) is 4.35. The molecule has 1 aromatic rings. The highest BCUT2D eigenvalue weighted by Crippen LogP contribution is 2.11. The van der Waals surface area contributed by atoms with Gasteiger partial charge in [-0.3, -0.25) is 0 Å². The van der Waals surface area contributed by atoms with Gasteiger partial charge in [-0.2, -0.15) is 0 Å². The van der Waals surface area contributed by atoms with Crippen LogP contribution in [0.4, 0.5) is 10.1 Å². The number of ether oxygens (including phenoxy) is 1. The molecular weight excluding hydrogens is 183 g/mol. The van der Waals surface area contributed by atoms with Crippen LogP contribution in [0.15, 0.2) is 24.3 Å². The number of nitrogens with two attached hydrogens (primary N) is 1. The van der Waals surface area contributed by atoms with E-state index in [1.807, 2.05) is 6.92 Å². The van der Waals surface area contributed by atoms with Crippen LogP contribution in [-0.4, -0.2) is 19.4 Å². The van der Waals surface area contributed by atoms with Gasteiger partial charge in [-0.25, -0.2) is 4.39 Å². The van der Waals surface area contributed by atoms with Gasteiger partial charge in [0.1, 0.15) is 12.5 Å². The van der Waals surface area contributed by atoms with Crippen molar-refractivity contribution >= 4 is 5.69 Å². The summed E-state index contributed by atoms with van der Waals surface area (Å²) in [6, 6.07) is 6.45. The van der Waals surface area contributed by atoms with Gasteiger partial charge in [-0.05, 0) is 19.1 Å². The minimum Gasteiger partial charge on any atom is -0.360 e. The van der Waals surface area contributed by atoms with Crippen molar-refractivity contribution in [3.8, 4) is 0 Å². The summed E-state index contributed by atoms with van der Waals surface area (Å²) in [6.45, 7) is 2.58. The first-order valence-corrected chi connectivity index (χ1v) is 4.52. The molecule has 0 radical (unpaired) electrons. The Hall–Kier alpha value is -1.13. The molecular formula is C10H15FN2O. The summed E-state index contributed by atoms with van der Waals surface area (Å²) < 4.78 is 18.2. The second-order valence-electron chi connectivity index (χ2n) is 3.15. The third-order valence-electron chi connectivity index (χ3n) is 1.62. The van der Waals surface area contributed by atoms with Gasteiger partial charge in [0.2, 0.25) is 0 Å². The van der Waals surface area contributed by atoms with Crippen LogP contribution in [-0.2, 0) is 4.74 Å². The zero-order chi connectivity index (χ0) is 10.4. The molecule has 0 amide bonds. The monoisotopic (exact) mass is 198 g/mol. The highest BCUT2D eigenvalue weighted by atomic mass is 19.1. The molecule has 78 valence electrons. The van der Waals surface area contributed by atoms with E-state index in [4.69, 9.17) is 10.5 Å². The van der Waals surface area contributed by atoms with Gasteiger partial charge < -0.3 is 15.8 Å². The van der Waals surface area contributed by atoms with Gasteiger partial charge in [0.15, 0.2) is 0 Å². The topological polar surface area (TPSA) is 47.3 Å². The summed E-state index contributed by atoms with van der Waals surface area (Å²) in [4.78, 5) is 0. The minimum atomic E-state index is -0.281. The number of halogens is 1. The first-order valence-electron chi connectivity index (χ1n) is 4.52. The summed E-state index contributed by atoms with van der Waals surface area (Å²) >= 11 is 0. The van der Waals surface area contributed by atoms with E-state index < -0.39 is 0 Å². The van der Waals surface area contributed by atoms with Gasteiger partial charge in [-0.1, -0.05) is 12.1 Å². The van der Waals surface area contributed by atoms with Gasteiger partial charge in [-0.15, -0.1) is 0 Å². The lowest BCUT2D eigenvalue weighted by molar-refractivity contribution is 0.141. The molecule has 0 aliphatic heterocycles. The van der Waals surface area contributed by atoms with Crippen LogP contribution in [0.25, 0.3) is 0 Å². The predicted molar refractivity (Wildman–Crippen MR) is 54.5 cm³/mol. The number of nitrogens with one attached hydrogen (secondary N) is 1. The molecule has 4 heteroatoms. The number of rotatable bonds is 5. The van der Waals surface area contributed by atoms with E-state index in [-0.39, 0.29) is 18.6 Å². The molecule has 0 heterocycles. The number of benzene rings is 1. The fourth-order valence-electron chi connectivity index (χ4n) is 0.978. The summed E-state index contributed by atoms with van der Waals surface area (Å²) in [7, 11) is 0. The Labute approximate surface area is 83.1 Å². The molecule has 0 saturated heterocycles. The normalized spacial score (nSPS) is 12.5. The van der Waals surface area contributed by atoms with E-state index in [0.717, 1.165) is 0 Å². The average molecular weight is 198 g/mol. The lowest BCUT2D eigenvalue weighted by Gasteiger charge is -2.09. The molecule has 1 atom stereocenters. The largest absolute Gasteiger partial charge is 0.360 e. The van der Waals surface area contributed by atoms with Crippen molar-refractivity contribution in [1.82, 2.24) is 0 Å². The average Bonchev–Trinajstić information content (AvgIpc) is 2.15. The minimum absolute atomic E-state index is 0.00239. The van der Waals surface area contributed by atoms with Gasteiger partial charge in [0.05, 0.1) is 12.3 Å². The van der Waals surface area contributed by atoms with Crippen LogP contribution in [0.2, 0.25) is 0 Å². The molecule has 3 N–H and O–H groups in total. The molecule has 0 aliphatic carbocycles. The van der Waals surface area contributed by atoms with Crippen molar-refractivity contribution < 1.29 is 9.13 Å². The van der Waals surface area contributed by atoms with Crippen LogP contribution in [0.3, 0.4) is 0 Å². The number of para-hydroxylation sites is 1. The quantitative estimate of drug-likeness (QED) is 0.557. The van der Waals surface area contributed by atoms with Crippen LogP contribution < -0.4 is 11.1 Å². The maximum Gasteiger partial charge on any atom is 0.146 e. The smallest absolute Gasteiger partial charge is 0.146 e. The van der Waals surface area contributed by atoms with Gasteiger partial charge >= 0.3 is 0 Å². The van der Waals surface area contributed by atoms with E-state index in [2.05, 4.69) is 5.32 Å². The van der Waals surface area contributed by atoms with Crippen molar-refractivity contribution in [1.29, 1.82) is 0 Å².